The number of hydrogen-bond acceptors (Lipinski definition) is 3. The molecular weight excluding hydrogens is 256 g/mol. The molecule has 1 unspecified atom stereocenters. The summed E-state index contributed by atoms with van der Waals surface area (Å²) >= 11 is 1.73. The van der Waals surface area contributed by atoms with Gasteiger partial charge in [-0.15, -0.1) is 11.8 Å². The Morgan fingerprint density at radius 2 is 1.95 bits per heavy atom. The summed E-state index contributed by atoms with van der Waals surface area (Å²) < 4.78 is 0. The fraction of sp³-hybridized carbons (Fsp3) is 0.533. The molecule has 1 aromatic rings. The van der Waals surface area contributed by atoms with E-state index in [1.54, 1.807) is 11.8 Å². The van der Waals surface area contributed by atoms with Gasteiger partial charge in [0.1, 0.15) is 0 Å². The van der Waals surface area contributed by atoms with Crippen LogP contribution in [0.5, 0.6) is 0 Å². The lowest BCUT2D eigenvalue weighted by Gasteiger charge is -2.33. The van der Waals surface area contributed by atoms with Crippen LogP contribution in [0.25, 0.3) is 0 Å². The molecule has 1 amide bonds. The first-order valence-electron chi connectivity index (χ1n) is 6.99. The highest BCUT2D eigenvalue weighted by Crippen LogP contribution is 2.26. The van der Waals surface area contributed by atoms with Crippen LogP contribution < -0.4 is 10.2 Å². The van der Waals surface area contributed by atoms with Gasteiger partial charge >= 0.3 is 0 Å². The van der Waals surface area contributed by atoms with E-state index in [-0.39, 0.29) is 11.9 Å². The van der Waals surface area contributed by atoms with E-state index in [1.165, 1.54) is 17.7 Å². The summed E-state index contributed by atoms with van der Waals surface area (Å²) in [5.74, 6) is 0.245. The maximum atomic E-state index is 12.5. The SMILES string of the molecule is CSc1ccc(N2CCCC(NC3CC3)C2=O)cc1. The topological polar surface area (TPSA) is 32.3 Å². The largest absolute Gasteiger partial charge is 0.311 e. The van der Waals surface area contributed by atoms with E-state index in [0.29, 0.717) is 6.04 Å². The van der Waals surface area contributed by atoms with Crippen molar-refractivity contribution in [1.29, 1.82) is 0 Å². The van der Waals surface area contributed by atoms with Crippen molar-refractivity contribution in [2.45, 2.75) is 42.7 Å². The summed E-state index contributed by atoms with van der Waals surface area (Å²) in [6.07, 6.45) is 6.59. The molecule has 2 fully saturated rings. The lowest BCUT2D eigenvalue weighted by molar-refractivity contribution is -0.121. The normalized spacial score (nSPS) is 23.7. The predicted octanol–water partition coefficient (Wildman–Crippen LogP) is 2.66. The number of carbonyl (C=O) groups is 1. The van der Waals surface area contributed by atoms with Gasteiger partial charge in [-0.25, -0.2) is 0 Å². The van der Waals surface area contributed by atoms with Crippen molar-refractivity contribution >= 4 is 23.4 Å². The fourth-order valence-electron chi connectivity index (χ4n) is 2.58. The highest BCUT2D eigenvalue weighted by atomic mass is 32.2. The molecule has 0 bridgehead atoms. The Kier molecular flexibility index (Phi) is 3.80. The van der Waals surface area contributed by atoms with Crippen LogP contribution in [0.15, 0.2) is 29.2 Å². The Balaban J connectivity index is 1.72. The van der Waals surface area contributed by atoms with E-state index in [1.807, 2.05) is 4.90 Å². The summed E-state index contributed by atoms with van der Waals surface area (Å²) in [5, 5.41) is 3.47. The predicted molar refractivity (Wildman–Crippen MR) is 79.8 cm³/mol. The Hall–Kier alpha value is -1.00. The third-order valence-electron chi connectivity index (χ3n) is 3.84. The lowest BCUT2D eigenvalue weighted by atomic mass is 10.0. The van der Waals surface area contributed by atoms with Crippen LogP contribution in [-0.4, -0.2) is 30.8 Å². The Morgan fingerprint density at radius 3 is 2.58 bits per heavy atom. The minimum Gasteiger partial charge on any atom is -0.311 e. The van der Waals surface area contributed by atoms with Crippen molar-refractivity contribution in [3.63, 3.8) is 0 Å². The van der Waals surface area contributed by atoms with Crippen molar-refractivity contribution in [2.75, 3.05) is 17.7 Å². The third-order valence-corrected chi connectivity index (χ3v) is 4.58. The molecule has 0 radical (unpaired) electrons. The number of rotatable bonds is 4. The average molecular weight is 276 g/mol. The van der Waals surface area contributed by atoms with E-state index in [9.17, 15) is 4.79 Å². The van der Waals surface area contributed by atoms with Crippen LogP contribution in [0.2, 0.25) is 0 Å². The van der Waals surface area contributed by atoms with Crippen LogP contribution in [0.3, 0.4) is 0 Å². The molecule has 1 N–H and O–H groups in total. The Morgan fingerprint density at radius 1 is 1.21 bits per heavy atom. The van der Waals surface area contributed by atoms with Crippen molar-refractivity contribution < 1.29 is 4.79 Å². The zero-order valence-electron chi connectivity index (χ0n) is 11.3. The number of nitrogens with zero attached hydrogens (tertiary/aromatic N) is 1. The van der Waals surface area contributed by atoms with Gasteiger partial charge in [0.25, 0.3) is 0 Å². The molecule has 1 saturated carbocycles. The molecule has 2 aliphatic rings. The van der Waals surface area contributed by atoms with Crippen LogP contribution >= 0.6 is 11.8 Å². The number of carbonyl (C=O) groups excluding carboxylic acids is 1. The van der Waals surface area contributed by atoms with Crippen LogP contribution in [0, 0.1) is 0 Å². The quantitative estimate of drug-likeness (QED) is 0.858. The van der Waals surface area contributed by atoms with Crippen molar-refractivity contribution in [2.24, 2.45) is 0 Å². The zero-order valence-corrected chi connectivity index (χ0v) is 12.1. The van der Waals surface area contributed by atoms with E-state index in [2.05, 4.69) is 35.8 Å². The summed E-state index contributed by atoms with van der Waals surface area (Å²) in [5.41, 5.74) is 1.03. The molecule has 3 rings (SSSR count). The molecule has 102 valence electrons. The minimum absolute atomic E-state index is 0.0291. The molecule has 1 aromatic carbocycles. The molecule has 0 spiro atoms. The van der Waals surface area contributed by atoms with Gasteiger partial charge in [0.05, 0.1) is 6.04 Å². The van der Waals surface area contributed by atoms with E-state index in [0.717, 1.165) is 25.1 Å². The van der Waals surface area contributed by atoms with Gasteiger partial charge in [-0.2, -0.15) is 0 Å². The van der Waals surface area contributed by atoms with Crippen molar-refractivity contribution in [3.05, 3.63) is 24.3 Å². The average Bonchev–Trinajstić information content (AvgIpc) is 3.25. The third kappa shape index (κ3) is 2.95. The van der Waals surface area contributed by atoms with Gasteiger partial charge in [-0.3, -0.25) is 4.79 Å². The second-order valence-electron chi connectivity index (χ2n) is 5.32. The van der Waals surface area contributed by atoms with E-state index < -0.39 is 0 Å². The molecule has 1 saturated heterocycles. The lowest BCUT2D eigenvalue weighted by Crippen LogP contribution is -2.51. The fourth-order valence-corrected chi connectivity index (χ4v) is 2.99. The zero-order chi connectivity index (χ0) is 13.2. The van der Waals surface area contributed by atoms with Crippen LogP contribution in [0.1, 0.15) is 25.7 Å². The summed E-state index contributed by atoms with van der Waals surface area (Å²) in [4.78, 5) is 15.7. The molecule has 0 aromatic heterocycles. The minimum atomic E-state index is 0.0291. The van der Waals surface area contributed by atoms with Crippen molar-refractivity contribution in [3.8, 4) is 0 Å². The Labute approximate surface area is 118 Å². The monoisotopic (exact) mass is 276 g/mol. The summed E-state index contributed by atoms with van der Waals surface area (Å²) in [7, 11) is 0. The Bertz CT molecular complexity index is 456. The van der Waals surface area contributed by atoms with Gasteiger partial charge < -0.3 is 10.2 Å². The first-order valence-corrected chi connectivity index (χ1v) is 8.22. The maximum Gasteiger partial charge on any atom is 0.244 e. The van der Waals surface area contributed by atoms with Crippen LogP contribution in [-0.2, 0) is 4.79 Å². The molecular formula is C15H20N2OS. The van der Waals surface area contributed by atoms with Crippen molar-refractivity contribution in [1.82, 2.24) is 5.32 Å². The molecule has 1 heterocycles. The maximum absolute atomic E-state index is 12.5. The van der Waals surface area contributed by atoms with Gasteiger partial charge in [0.15, 0.2) is 0 Å². The van der Waals surface area contributed by atoms with E-state index >= 15 is 0 Å². The molecule has 4 heteroatoms. The van der Waals surface area contributed by atoms with Gasteiger partial charge in [0.2, 0.25) is 5.91 Å². The number of benzene rings is 1. The molecule has 1 aliphatic carbocycles. The number of anilines is 1. The smallest absolute Gasteiger partial charge is 0.244 e. The highest BCUT2D eigenvalue weighted by Gasteiger charge is 2.33. The number of nitrogens with one attached hydrogen (secondary N) is 1. The molecule has 1 atom stereocenters. The molecule has 3 nitrogen and oxygen atoms in total. The summed E-state index contributed by atoms with van der Waals surface area (Å²) in [6, 6.07) is 8.91. The number of piperidine rings is 1. The second-order valence-corrected chi connectivity index (χ2v) is 6.20. The first kappa shape index (κ1) is 13.0. The highest BCUT2D eigenvalue weighted by molar-refractivity contribution is 7.98. The van der Waals surface area contributed by atoms with Crippen LogP contribution in [0.4, 0.5) is 5.69 Å². The van der Waals surface area contributed by atoms with Gasteiger partial charge in [-0.1, -0.05) is 0 Å². The second kappa shape index (κ2) is 5.55. The number of hydrogen-bond donors (Lipinski definition) is 1. The number of thioether (sulfide) groups is 1. The standard InChI is InChI=1S/C15H20N2OS/c1-19-13-8-6-12(7-9-13)17-10-2-3-14(15(17)18)16-11-4-5-11/h6-9,11,14,16H,2-5,10H2,1H3. The molecule has 19 heavy (non-hydrogen) atoms. The number of amides is 1. The van der Waals surface area contributed by atoms with E-state index in [4.69, 9.17) is 0 Å². The first-order chi connectivity index (χ1) is 9.28. The van der Waals surface area contributed by atoms with Gasteiger partial charge in [-0.05, 0) is 56.2 Å². The summed E-state index contributed by atoms with van der Waals surface area (Å²) in [6.45, 7) is 0.848. The molecule has 1 aliphatic heterocycles. The van der Waals surface area contributed by atoms with Gasteiger partial charge in [0, 0.05) is 23.2 Å².